The van der Waals surface area contributed by atoms with E-state index in [0.29, 0.717) is 23.4 Å². The summed E-state index contributed by atoms with van der Waals surface area (Å²) in [5.41, 5.74) is 6.04. The van der Waals surface area contributed by atoms with E-state index < -0.39 is 0 Å². The van der Waals surface area contributed by atoms with Crippen molar-refractivity contribution in [1.29, 1.82) is 0 Å². The molecule has 0 atom stereocenters. The van der Waals surface area contributed by atoms with Gasteiger partial charge in [0, 0.05) is 49.0 Å². The molecule has 0 fully saturated rings. The van der Waals surface area contributed by atoms with E-state index in [1.165, 1.54) is 11.1 Å². The van der Waals surface area contributed by atoms with E-state index in [0.717, 1.165) is 30.8 Å². The first-order valence-electron chi connectivity index (χ1n) is 11.7. The zero-order valence-corrected chi connectivity index (χ0v) is 19.3. The Bertz CT molecular complexity index is 1340. The maximum Gasteiger partial charge on any atom is 0.255 e. The number of aromatic nitrogens is 1. The largest absolute Gasteiger partial charge is 0.366 e. The number of anilines is 2. The number of rotatable bonds is 6. The number of nitrogens with one attached hydrogen (secondary N) is 2. The lowest BCUT2D eigenvalue weighted by Crippen LogP contribution is -2.33. The highest BCUT2D eigenvalue weighted by atomic mass is 16.2. The lowest BCUT2D eigenvalue weighted by Gasteiger charge is -2.32. The predicted octanol–water partition coefficient (Wildman–Crippen LogP) is 4.83. The molecular formula is C29H26N4O2. The van der Waals surface area contributed by atoms with Crippen molar-refractivity contribution in [3.63, 3.8) is 0 Å². The summed E-state index contributed by atoms with van der Waals surface area (Å²) in [7, 11) is 0. The molecule has 35 heavy (non-hydrogen) atoms. The summed E-state index contributed by atoms with van der Waals surface area (Å²) in [6.45, 7) is 1.92. The minimum Gasteiger partial charge on any atom is -0.366 e. The van der Waals surface area contributed by atoms with E-state index >= 15 is 0 Å². The van der Waals surface area contributed by atoms with Gasteiger partial charge in [0.15, 0.2) is 0 Å². The number of carbonyl (C=O) groups excluding carboxylic acids is 2. The molecule has 1 aliphatic heterocycles. The molecule has 0 aliphatic carbocycles. The monoisotopic (exact) mass is 462 g/mol. The molecule has 0 spiro atoms. The fraction of sp³-hybridized carbons (Fsp3) is 0.138. The van der Waals surface area contributed by atoms with Crippen molar-refractivity contribution in [3.8, 4) is 0 Å². The maximum absolute atomic E-state index is 13.4. The Hall–Kier alpha value is -4.45. The molecule has 1 aliphatic rings. The number of amides is 2. The molecule has 0 saturated carbocycles. The Labute approximate surface area is 204 Å². The molecule has 3 aromatic carbocycles. The number of carbonyl (C=O) groups is 2. The van der Waals surface area contributed by atoms with Gasteiger partial charge in [-0.05, 0) is 59.5 Å². The lowest BCUT2D eigenvalue weighted by atomic mass is 9.98. The number of nitrogens with zero attached hydrogens (tertiary/aromatic N) is 2. The maximum atomic E-state index is 13.4. The van der Waals surface area contributed by atoms with Crippen molar-refractivity contribution in [2.24, 2.45) is 0 Å². The Morgan fingerprint density at radius 1 is 0.857 bits per heavy atom. The van der Waals surface area contributed by atoms with Gasteiger partial charge in [0.1, 0.15) is 0 Å². The van der Waals surface area contributed by atoms with Crippen LogP contribution in [0.25, 0.3) is 0 Å². The van der Waals surface area contributed by atoms with Crippen LogP contribution in [0.1, 0.15) is 37.4 Å². The highest BCUT2D eigenvalue weighted by molar-refractivity contribution is 6.06. The molecule has 1 aromatic heterocycles. The fourth-order valence-electron chi connectivity index (χ4n) is 4.35. The minimum atomic E-state index is -0.216. The number of fused-ring (bicyclic) bond motifs is 1. The van der Waals surface area contributed by atoms with E-state index in [-0.39, 0.29) is 11.8 Å². The van der Waals surface area contributed by atoms with Crippen LogP contribution in [0.5, 0.6) is 0 Å². The molecule has 2 amide bonds. The van der Waals surface area contributed by atoms with Gasteiger partial charge in [-0.15, -0.1) is 0 Å². The molecule has 0 unspecified atom stereocenters. The van der Waals surface area contributed by atoms with E-state index in [9.17, 15) is 9.59 Å². The standard InChI is InChI=1S/C29H26N4O2/c34-28(23-9-2-1-3-10-23)32-25-12-13-27(33-16-14-22-8-4-5-11-24(22)20-33)26(17-25)29(35)31-19-21-7-6-15-30-18-21/h1-13,15,17-18H,14,16,19-20H2,(H,31,35)(H,32,34). The number of pyridine rings is 1. The molecule has 0 radical (unpaired) electrons. The van der Waals surface area contributed by atoms with Crippen LogP contribution in [0.15, 0.2) is 97.3 Å². The lowest BCUT2D eigenvalue weighted by molar-refractivity contribution is 0.0950. The van der Waals surface area contributed by atoms with Gasteiger partial charge in [-0.25, -0.2) is 0 Å². The van der Waals surface area contributed by atoms with Crippen molar-refractivity contribution in [3.05, 3.63) is 125 Å². The second-order valence-corrected chi connectivity index (χ2v) is 8.54. The Morgan fingerprint density at radius 3 is 2.46 bits per heavy atom. The van der Waals surface area contributed by atoms with Crippen molar-refractivity contribution in [2.45, 2.75) is 19.5 Å². The normalized spacial score (nSPS) is 12.5. The summed E-state index contributed by atoms with van der Waals surface area (Å²) in [4.78, 5) is 32.4. The fourth-order valence-corrected chi connectivity index (χ4v) is 4.35. The molecular weight excluding hydrogens is 436 g/mol. The van der Waals surface area contributed by atoms with E-state index in [2.05, 4.69) is 38.7 Å². The van der Waals surface area contributed by atoms with Crippen LogP contribution in [-0.4, -0.2) is 23.3 Å². The van der Waals surface area contributed by atoms with Gasteiger partial charge >= 0.3 is 0 Å². The van der Waals surface area contributed by atoms with Gasteiger partial charge in [-0.2, -0.15) is 0 Å². The third kappa shape index (κ3) is 5.22. The van der Waals surface area contributed by atoms with E-state index in [1.807, 2.05) is 48.5 Å². The highest BCUT2D eigenvalue weighted by Gasteiger charge is 2.22. The van der Waals surface area contributed by atoms with Crippen LogP contribution in [0.3, 0.4) is 0 Å². The van der Waals surface area contributed by atoms with Crippen LogP contribution in [0.4, 0.5) is 11.4 Å². The summed E-state index contributed by atoms with van der Waals surface area (Å²) in [5.74, 6) is -0.412. The zero-order chi connectivity index (χ0) is 24.0. The number of hydrogen-bond donors (Lipinski definition) is 2. The molecule has 2 heterocycles. The summed E-state index contributed by atoms with van der Waals surface area (Å²) in [6.07, 6.45) is 4.36. The summed E-state index contributed by atoms with van der Waals surface area (Å²) in [5, 5.41) is 5.93. The molecule has 6 heteroatoms. The third-order valence-electron chi connectivity index (χ3n) is 6.18. The van der Waals surface area contributed by atoms with Crippen LogP contribution in [-0.2, 0) is 19.5 Å². The van der Waals surface area contributed by atoms with Gasteiger partial charge in [-0.1, -0.05) is 48.5 Å². The topological polar surface area (TPSA) is 74.3 Å². The molecule has 0 bridgehead atoms. The molecule has 174 valence electrons. The molecule has 4 aromatic rings. The second-order valence-electron chi connectivity index (χ2n) is 8.54. The van der Waals surface area contributed by atoms with Crippen molar-refractivity contribution >= 4 is 23.2 Å². The van der Waals surface area contributed by atoms with Crippen molar-refractivity contribution in [1.82, 2.24) is 10.3 Å². The third-order valence-corrected chi connectivity index (χ3v) is 6.18. The average Bonchev–Trinajstić information content (AvgIpc) is 2.92. The van der Waals surface area contributed by atoms with Gasteiger partial charge in [0.25, 0.3) is 11.8 Å². The molecule has 2 N–H and O–H groups in total. The SMILES string of the molecule is O=C(Nc1ccc(N2CCc3ccccc3C2)c(C(=O)NCc2cccnc2)c1)c1ccccc1. The predicted molar refractivity (Wildman–Crippen MR) is 137 cm³/mol. The van der Waals surface area contributed by atoms with Crippen LogP contribution in [0, 0.1) is 0 Å². The Morgan fingerprint density at radius 2 is 1.66 bits per heavy atom. The quantitative estimate of drug-likeness (QED) is 0.431. The number of hydrogen-bond acceptors (Lipinski definition) is 4. The van der Waals surface area contributed by atoms with Crippen LogP contribution in [0.2, 0.25) is 0 Å². The molecule has 0 saturated heterocycles. The first-order valence-corrected chi connectivity index (χ1v) is 11.7. The summed E-state index contributed by atoms with van der Waals surface area (Å²) < 4.78 is 0. The van der Waals surface area contributed by atoms with Gasteiger partial charge < -0.3 is 15.5 Å². The number of benzene rings is 3. The Kier molecular flexibility index (Phi) is 6.52. The molecule has 5 rings (SSSR count). The highest BCUT2D eigenvalue weighted by Crippen LogP contribution is 2.30. The van der Waals surface area contributed by atoms with E-state index in [1.54, 1.807) is 30.6 Å². The van der Waals surface area contributed by atoms with Crippen molar-refractivity contribution < 1.29 is 9.59 Å². The second kappa shape index (κ2) is 10.2. The van der Waals surface area contributed by atoms with Gasteiger partial charge in [0.05, 0.1) is 5.56 Å². The first-order chi connectivity index (χ1) is 17.2. The average molecular weight is 463 g/mol. The van der Waals surface area contributed by atoms with Crippen LogP contribution >= 0.6 is 0 Å². The van der Waals surface area contributed by atoms with Gasteiger partial charge in [-0.3, -0.25) is 14.6 Å². The van der Waals surface area contributed by atoms with E-state index in [4.69, 9.17) is 0 Å². The Balaban J connectivity index is 1.42. The summed E-state index contributed by atoms with van der Waals surface area (Å²) >= 11 is 0. The van der Waals surface area contributed by atoms with Crippen LogP contribution < -0.4 is 15.5 Å². The summed E-state index contributed by atoms with van der Waals surface area (Å²) in [6, 6.07) is 26.8. The first kappa shape index (κ1) is 22.3. The zero-order valence-electron chi connectivity index (χ0n) is 19.3. The van der Waals surface area contributed by atoms with Gasteiger partial charge in [0.2, 0.25) is 0 Å². The van der Waals surface area contributed by atoms with Crippen molar-refractivity contribution in [2.75, 3.05) is 16.8 Å². The minimum absolute atomic E-state index is 0.196. The smallest absolute Gasteiger partial charge is 0.255 e. The molecule has 6 nitrogen and oxygen atoms in total.